The highest BCUT2D eigenvalue weighted by atomic mass is 35.5. The average molecular weight is 511 g/mol. The summed E-state index contributed by atoms with van der Waals surface area (Å²) in [5.41, 5.74) is 1.11. The Bertz CT molecular complexity index is 1500. The third-order valence-corrected chi connectivity index (χ3v) is 6.95. The van der Waals surface area contributed by atoms with Crippen molar-refractivity contribution < 1.29 is 9.53 Å². The van der Waals surface area contributed by atoms with Gasteiger partial charge in [0.1, 0.15) is 5.60 Å². The number of hydrogen-bond acceptors (Lipinski definition) is 8. The molecule has 0 spiro atoms. The highest BCUT2D eigenvalue weighted by Crippen LogP contribution is 2.26. The van der Waals surface area contributed by atoms with Crippen molar-refractivity contribution >= 4 is 40.0 Å². The number of aromatic nitrogens is 6. The number of anilines is 1. The van der Waals surface area contributed by atoms with Gasteiger partial charge in [-0.3, -0.25) is 9.36 Å². The van der Waals surface area contributed by atoms with E-state index in [1.165, 1.54) is 4.40 Å². The van der Waals surface area contributed by atoms with Gasteiger partial charge >= 0.3 is 5.69 Å². The van der Waals surface area contributed by atoms with E-state index >= 15 is 0 Å². The molecule has 1 aliphatic rings. The van der Waals surface area contributed by atoms with Crippen molar-refractivity contribution in [1.82, 2.24) is 34.3 Å². The minimum atomic E-state index is -0.853. The van der Waals surface area contributed by atoms with Crippen LogP contribution < -0.4 is 10.6 Å². The molecule has 1 amide bonds. The van der Waals surface area contributed by atoms with E-state index in [1.54, 1.807) is 35.6 Å². The van der Waals surface area contributed by atoms with E-state index in [0.29, 0.717) is 59.5 Å². The first-order valence-corrected chi connectivity index (χ1v) is 12.0. The van der Waals surface area contributed by atoms with Crippen LogP contribution in [0.25, 0.3) is 16.7 Å². The van der Waals surface area contributed by atoms with E-state index in [0.717, 1.165) is 5.56 Å². The summed E-state index contributed by atoms with van der Waals surface area (Å²) in [5.74, 6) is 1.07. The van der Waals surface area contributed by atoms with Gasteiger partial charge in [0, 0.05) is 51.3 Å². The minimum absolute atomic E-state index is 0.0556. The second-order valence-corrected chi connectivity index (χ2v) is 9.76. The van der Waals surface area contributed by atoms with Gasteiger partial charge in [-0.1, -0.05) is 23.7 Å². The van der Waals surface area contributed by atoms with Crippen molar-refractivity contribution in [3.05, 3.63) is 57.2 Å². The van der Waals surface area contributed by atoms with Gasteiger partial charge in [-0.15, -0.1) is 20.4 Å². The summed E-state index contributed by atoms with van der Waals surface area (Å²) in [4.78, 5) is 29.5. The lowest BCUT2D eigenvalue weighted by molar-refractivity contribution is -0.129. The number of piperazine rings is 1. The zero-order valence-electron chi connectivity index (χ0n) is 20.6. The Morgan fingerprint density at radius 3 is 2.39 bits per heavy atom. The zero-order chi connectivity index (χ0) is 25.6. The lowest BCUT2D eigenvalue weighted by Crippen LogP contribution is -2.48. The third kappa shape index (κ3) is 4.18. The van der Waals surface area contributed by atoms with Crippen molar-refractivity contribution in [3.8, 4) is 0 Å². The molecule has 4 heterocycles. The summed E-state index contributed by atoms with van der Waals surface area (Å²) in [5, 5.41) is 18.2. The maximum Gasteiger partial charge on any atom is 0.336 e. The van der Waals surface area contributed by atoms with Crippen LogP contribution in [0.3, 0.4) is 0 Å². The number of fused-ring (bicyclic) bond motifs is 3. The van der Waals surface area contributed by atoms with Gasteiger partial charge in [0.05, 0.1) is 12.1 Å². The SMILES string of the molecule is COC(C)(C)c1nnc2c3nnc(N4CCN(C(C)=O)CC4)cc3n(Cc3ccc(Cl)cc3)c(=O)n12. The molecule has 1 fully saturated rings. The van der Waals surface area contributed by atoms with Crippen LogP contribution in [0.1, 0.15) is 32.2 Å². The first-order chi connectivity index (χ1) is 17.2. The van der Waals surface area contributed by atoms with Crippen LogP contribution >= 0.6 is 11.6 Å². The predicted molar refractivity (Wildman–Crippen MR) is 135 cm³/mol. The lowest BCUT2D eigenvalue weighted by Gasteiger charge is -2.34. The van der Waals surface area contributed by atoms with Crippen molar-refractivity contribution in [2.75, 3.05) is 38.2 Å². The van der Waals surface area contributed by atoms with Crippen LogP contribution in [0.4, 0.5) is 5.82 Å². The average Bonchev–Trinajstić information content (AvgIpc) is 3.34. The van der Waals surface area contributed by atoms with Gasteiger partial charge in [-0.25, -0.2) is 9.20 Å². The number of carbonyl (C=O) groups is 1. The molecule has 0 radical (unpaired) electrons. The van der Waals surface area contributed by atoms with E-state index in [9.17, 15) is 9.59 Å². The summed E-state index contributed by atoms with van der Waals surface area (Å²) in [6.07, 6.45) is 0. The number of hydrogen-bond donors (Lipinski definition) is 0. The molecule has 0 saturated carbocycles. The molecule has 1 aliphatic heterocycles. The Morgan fingerprint density at radius 2 is 1.75 bits per heavy atom. The Kier molecular flexibility index (Phi) is 6.13. The number of nitrogens with zero attached hydrogens (tertiary/aromatic N) is 8. The van der Waals surface area contributed by atoms with Gasteiger partial charge in [0.25, 0.3) is 0 Å². The quantitative estimate of drug-likeness (QED) is 0.401. The maximum atomic E-state index is 13.9. The van der Waals surface area contributed by atoms with Crippen molar-refractivity contribution in [3.63, 3.8) is 0 Å². The molecule has 0 bridgehead atoms. The summed E-state index contributed by atoms with van der Waals surface area (Å²) in [7, 11) is 1.56. The number of halogens is 1. The van der Waals surface area contributed by atoms with Crippen LogP contribution in [0.2, 0.25) is 5.02 Å². The van der Waals surface area contributed by atoms with Crippen molar-refractivity contribution in [1.29, 1.82) is 0 Å². The molecular formula is C24H27ClN8O3. The number of ether oxygens (including phenoxy) is 1. The fraction of sp³-hybridized carbons (Fsp3) is 0.417. The predicted octanol–water partition coefficient (Wildman–Crippen LogP) is 2.09. The summed E-state index contributed by atoms with van der Waals surface area (Å²) in [6.45, 7) is 7.97. The fourth-order valence-electron chi connectivity index (χ4n) is 4.39. The third-order valence-electron chi connectivity index (χ3n) is 6.70. The largest absolute Gasteiger partial charge is 0.371 e. The fourth-order valence-corrected chi connectivity index (χ4v) is 4.52. The van der Waals surface area contributed by atoms with E-state index in [2.05, 4.69) is 25.3 Å². The number of amides is 1. The van der Waals surface area contributed by atoms with Crippen molar-refractivity contribution in [2.45, 2.75) is 32.9 Å². The number of carbonyl (C=O) groups excluding carboxylic acids is 1. The summed E-state index contributed by atoms with van der Waals surface area (Å²) < 4.78 is 8.69. The van der Waals surface area contributed by atoms with Gasteiger partial charge in [-0.2, -0.15) is 0 Å². The van der Waals surface area contributed by atoms with E-state index in [1.807, 2.05) is 32.0 Å². The topological polar surface area (TPSA) is 111 Å². The first kappa shape index (κ1) is 24.1. The second kappa shape index (κ2) is 9.14. The number of benzene rings is 1. The van der Waals surface area contributed by atoms with Crippen LogP contribution in [0.15, 0.2) is 35.1 Å². The number of rotatable bonds is 5. The highest BCUT2D eigenvalue weighted by Gasteiger charge is 2.30. The lowest BCUT2D eigenvalue weighted by atomic mass is 10.1. The molecule has 188 valence electrons. The van der Waals surface area contributed by atoms with Crippen LogP contribution in [0.5, 0.6) is 0 Å². The molecular weight excluding hydrogens is 484 g/mol. The molecule has 12 heteroatoms. The first-order valence-electron chi connectivity index (χ1n) is 11.7. The summed E-state index contributed by atoms with van der Waals surface area (Å²) in [6, 6.07) is 9.21. The standard InChI is InChI=1S/C24H27ClN8O3/c1-15(34)30-9-11-31(12-10-30)19-13-18-20(27-26-19)21-28-29-22(24(2,3)36-4)33(21)23(35)32(18)14-16-5-7-17(25)8-6-16/h5-8,13H,9-12,14H2,1-4H3. The van der Waals surface area contributed by atoms with Gasteiger partial charge < -0.3 is 14.5 Å². The minimum Gasteiger partial charge on any atom is -0.371 e. The molecule has 11 nitrogen and oxygen atoms in total. The van der Waals surface area contributed by atoms with Crippen molar-refractivity contribution in [2.24, 2.45) is 0 Å². The molecule has 4 aromatic rings. The maximum absolute atomic E-state index is 13.9. The molecule has 0 aliphatic carbocycles. The normalized spacial score (nSPS) is 14.7. The Morgan fingerprint density at radius 1 is 1.06 bits per heavy atom. The molecule has 36 heavy (non-hydrogen) atoms. The van der Waals surface area contributed by atoms with Gasteiger partial charge in [0.15, 0.2) is 22.8 Å². The zero-order valence-corrected chi connectivity index (χ0v) is 21.4. The smallest absolute Gasteiger partial charge is 0.336 e. The van der Waals surface area contributed by atoms with E-state index < -0.39 is 5.60 Å². The second-order valence-electron chi connectivity index (χ2n) is 9.32. The Labute approximate surface area is 212 Å². The highest BCUT2D eigenvalue weighted by molar-refractivity contribution is 6.30. The Balaban J connectivity index is 1.68. The van der Waals surface area contributed by atoms with Gasteiger partial charge in [0.2, 0.25) is 5.91 Å². The Hall–Kier alpha value is -3.57. The molecule has 0 atom stereocenters. The van der Waals surface area contributed by atoms with Gasteiger partial charge in [-0.05, 0) is 31.5 Å². The van der Waals surface area contributed by atoms with Crippen LogP contribution in [-0.2, 0) is 21.7 Å². The molecule has 0 unspecified atom stereocenters. The summed E-state index contributed by atoms with van der Waals surface area (Å²) >= 11 is 6.08. The van der Waals surface area contributed by atoms with E-state index in [4.69, 9.17) is 16.3 Å². The monoisotopic (exact) mass is 510 g/mol. The molecule has 5 rings (SSSR count). The molecule has 1 aromatic carbocycles. The number of methoxy groups -OCH3 is 1. The molecule has 3 aromatic heterocycles. The van der Waals surface area contributed by atoms with Crippen LogP contribution in [0, 0.1) is 0 Å². The molecule has 0 N–H and O–H groups in total. The van der Waals surface area contributed by atoms with E-state index in [-0.39, 0.29) is 18.1 Å². The molecule has 1 saturated heterocycles. The van der Waals surface area contributed by atoms with Crippen LogP contribution in [-0.4, -0.2) is 73.5 Å².